The minimum absolute atomic E-state index is 0.122. The van der Waals surface area contributed by atoms with Crippen LogP contribution < -0.4 is 5.32 Å². The topological polar surface area (TPSA) is 75.6 Å². The van der Waals surface area contributed by atoms with E-state index in [0.717, 1.165) is 5.75 Å². The number of nitrogens with one attached hydrogen (secondary N) is 1. The maximum Gasteiger partial charge on any atom is 0.335 e. The normalized spacial score (nSPS) is 10.5. The second kappa shape index (κ2) is 9.25. The smallest absolute Gasteiger partial charge is 0.335 e. The molecule has 0 bridgehead atoms. The number of hydrogen-bond donors (Lipinski definition) is 2. The number of rotatable bonds is 8. The van der Waals surface area contributed by atoms with E-state index >= 15 is 0 Å². The third-order valence-electron chi connectivity index (χ3n) is 3.42. The summed E-state index contributed by atoms with van der Waals surface area (Å²) in [5.74, 6) is -0.157. The van der Waals surface area contributed by atoms with Crippen molar-refractivity contribution in [2.45, 2.75) is 19.3 Å². The zero-order chi connectivity index (χ0) is 18.2. The molecule has 0 aromatic heterocycles. The lowest BCUT2D eigenvalue weighted by atomic mass is 10.1. The summed E-state index contributed by atoms with van der Waals surface area (Å²) < 4.78 is 5.04. The van der Waals surface area contributed by atoms with Crippen LogP contribution in [-0.4, -0.2) is 29.8 Å². The molecule has 0 aliphatic rings. The van der Waals surface area contributed by atoms with Gasteiger partial charge in [-0.05, 0) is 36.2 Å². The predicted molar refractivity (Wildman–Crippen MR) is 100 cm³/mol. The van der Waals surface area contributed by atoms with E-state index in [2.05, 4.69) is 11.4 Å². The first-order valence-corrected chi connectivity index (χ1v) is 8.92. The summed E-state index contributed by atoms with van der Waals surface area (Å²) in [6.07, 6.45) is 0. The van der Waals surface area contributed by atoms with Gasteiger partial charge in [0.25, 0.3) is 0 Å². The number of aromatic carboxylic acids is 1. The quantitative estimate of drug-likeness (QED) is 0.751. The molecule has 0 fully saturated rings. The average molecular weight is 359 g/mol. The van der Waals surface area contributed by atoms with Gasteiger partial charge in [0.15, 0.2) is 0 Å². The number of carbonyl (C=O) groups excluding carboxylic acids is 1. The molecule has 5 nitrogen and oxygen atoms in total. The maximum absolute atomic E-state index is 12.1. The van der Waals surface area contributed by atoms with Crippen LogP contribution in [0.15, 0.2) is 42.5 Å². The van der Waals surface area contributed by atoms with Crippen LogP contribution in [0.25, 0.3) is 0 Å². The number of aryl methyl sites for hydroxylation is 1. The highest BCUT2D eigenvalue weighted by Crippen LogP contribution is 2.18. The van der Waals surface area contributed by atoms with Gasteiger partial charge in [-0.2, -0.15) is 0 Å². The highest BCUT2D eigenvalue weighted by atomic mass is 32.2. The molecule has 25 heavy (non-hydrogen) atoms. The molecule has 0 atom stereocenters. The fourth-order valence-corrected chi connectivity index (χ4v) is 3.17. The Balaban J connectivity index is 1.94. The van der Waals surface area contributed by atoms with Crippen molar-refractivity contribution >= 4 is 29.3 Å². The van der Waals surface area contributed by atoms with Crippen LogP contribution in [0.5, 0.6) is 0 Å². The van der Waals surface area contributed by atoms with Crippen LogP contribution >= 0.6 is 11.8 Å². The van der Waals surface area contributed by atoms with Crippen molar-refractivity contribution < 1.29 is 19.4 Å². The van der Waals surface area contributed by atoms with Gasteiger partial charge in [-0.3, -0.25) is 4.79 Å². The van der Waals surface area contributed by atoms with Crippen molar-refractivity contribution in [3.05, 3.63) is 64.7 Å². The number of carbonyl (C=O) groups is 2. The number of carboxylic acid groups (broad SMARTS) is 1. The molecule has 0 unspecified atom stereocenters. The summed E-state index contributed by atoms with van der Waals surface area (Å²) in [5, 5.41) is 11.9. The van der Waals surface area contributed by atoms with Crippen molar-refractivity contribution in [3.63, 3.8) is 0 Å². The highest BCUT2D eigenvalue weighted by molar-refractivity contribution is 7.99. The molecule has 132 valence electrons. The zero-order valence-electron chi connectivity index (χ0n) is 14.2. The second-order valence-electron chi connectivity index (χ2n) is 5.69. The van der Waals surface area contributed by atoms with Crippen LogP contribution in [0.1, 0.15) is 27.0 Å². The Bertz CT molecular complexity index is 761. The van der Waals surface area contributed by atoms with Gasteiger partial charge in [-0.15, -0.1) is 11.8 Å². The Morgan fingerprint density at radius 1 is 1.16 bits per heavy atom. The first-order chi connectivity index (χ1) is 12.0. The minimum Gasteiger partial charge on any atom is -0.478 e. The van der Waals surface area contributed by atoms with E-state index in [4.69, 9.17) is 9.84 Å². The molecule has 1 amide bonds. The van der Waals surface area contributed by atoms with Crippen LogP contribution in [0.2, 0.25) is 0 Å². The summed E-state index contributed by atoms with van der Waals surface area (Å²) in [5.41, 5.74) is 3.65. The van der Waals surface area contributed by atoms with E-state index in [1.807, 2.05) is 25.1 Å². The molecular formula is C19H21NO4S. The maximum atomic E-state index is 12.1. The standard InChI is InChI=1S/C19H21NO4S/c1-13-4-3-5-14(6-13)11-25-12-18(21)20-17-8-15(10-24-2)7-16(9-17)19(22)23/h3-9H,10-12H2,1-2H3,(H,20,21)(H,22,23). The molecule has 2 N–H and O–H groups in total. The van der Waals surface area contributed by atoms with Crippen molar-refractivity contribution in [1.29, 1.82) is 0 Å². The number of thioether (sulfide) groups is 1. The molecule has 0 radical (unpaired) electrons. The molecule has 0 aliphatic carbocycles. The Morgan fingerprint density at radius 3 is 2.64 bits per heavy atom. The Kier molecular flexibility index (Phi) is 7.03. The lowest BCUT2D eigenvalue weighted by Gasteiger charge is -2.09. The summed E-state index contributed by atoms with van der Waals surface area (Å²) in [7, 11) is 1.54. The SMILES string of the molecule is COCc1cc(NC(=O)CSCc2cccc(C)c2)cc(C(=O)O)c1. The molecule has 6 heteroatoms. The predicted octanol–water partition coefficient (Wildman–Crippen LogP) is 3.71. The number of benzene rings is 2. The van der Waals surface area contributed by atoms with Gasteiger partial charge in [0.05, 0.1) is 17.9 Å². The fraction of sp³-hybridized carbons (Fsp3) is 0.263. The van der Waals surface area contributed by atoms with E-state index in [1.54, 1.807) is 6.07 Å². The van der Waals surface area contributed by atoms with Crippen LogP contribution in [0.3, 0.4) is 0 Å². The van der Waals surface area contributed by atoms with E-state index in [-0.39, 0.29) is 18.1 Å². The van der Waals surface area contributed by atoms with Gasteiger partial charge in [-0.25, -0.2) is 4.79 Å². The number of carboxylic acids is 1. The Hall–Kier alpha value is -2.31. The van der Waals surface area contributed by atoms with Gasteiger partial charge in [-0.1, -0.05) is 29.8 Å². The lowest BCUT2D eigenvalue weighted by molar-refractivity contribution is -0.113. The monoisotopic (exact) mass is 359 g/mol. The zero-order valence-corrected chi connectivity index (χ0v) is 15.1. The average Bonchev–Trinajstić information content (AvgIpc) is 2.55. The van der Waals surface area contributed by atoms with E-state index in [0.29, 0.717) is 17.0 Å². The van der Waals surface area contributed by atoms with Crippen LogP contribution in [-0.2, 0) is 21.9 Å². The minimum atomic E-state index is -1.04. The van der Waals surface area contributed by atoms with E-state index in [1.165, 1.54) is 42.1 Å². The molecule has 0 saturated heterocycles. The highest BCUT2D eigenvalue weighted by Gasteiger charge is 2.10. The molecule has 2 rings (SSSR count). The largest absolute Gasteiger partial charge is 0.478 e. The molecule has 0 spiro atoms. The molecule has 2 aromatic rings. The second-order valence-corrected chi connectivity index (χ2v) is 6.67. The number of amides is 1. The van der Waals surface area contributed by atoms with Crippen molar-refractivity contribution in [2.75, 3.05) is 18.2 Å². The summed E-state index contributed by atoms with van der Waals surface area (Å²) in [6, 6.07) is 12.9. The van der Waals surface area contributed by atoms with Gasteiger partial charge < -0.3 is 15.2 Å². The Morgan fingerprint density at radius 2 is 1.96 bits per heavy atom. The van der Waals surface area contributed by atoms with Crippen molar-refractivity contribution in [1.82, 2.24) is 0 Å². The fourth-order valence-electron chi connectivity index (χ4n) is 2.40. The molecule has 2 aromatic carbocycles. The van der Waals surface area contributed by atoms with Gasteiger partial charge >= 0.3 is 5.97 Å². The number of methoxy groups -OCH3 is 1. The Labute approximate surface area is 151 Å². The molecule has 0 saturated carbocycles. The van der Waals surface area contributed by atoms with Gasteiger partial charge in [0.2, 0.25) is 5.91 Å². The first-order valence-electron chi connectivity index (χ1n) is 7.77. The van der Waals surface area contributed by atoms with Gasteiger partial charge in [0.1, 0.15) is 0 Å². The summed E-state index contributed by atoms with van der Waals surface area (Å²) >= 11 is 1.51. The number of ether oxygens (including phenoxy) is 1. The van der Waals surface area contributed by atoms with Crippen LogP contribution in [0, 0.1) is 6.92 Å². The molecular weight excluding hydrogens is 338 g/mol. The number of anilines is 1. The lowest BCUT2D eigenvalue weighted by Crippen LogP contribution is -2.15. The third-order valence-corrected chi connectivity index (χ3v) is 4.42. The van der Waals surface area contributed by atoms with Crippen molar-refractivity contribution in [3.8, 4) is 0 Å². The number of hydrogen-bond acceptors (Lipinski definition) is 4. The van der Waals surface area contributed by atoms with Gasteiger partial charge in [0, 0.05) is 18.6 Å². The molecule has 0 heterocycles. The third kappa shape index (κ3) is 6.25. The first kappa shape index (κ1) is 19.0. The summed E-state index contributed by atoms with van der Waals surface area (Å²) in [6.45, 7) is 2.32. The van der Waals surface area contributed by atoms with Crippen molar-refractivity contribution in [2.24, 2.45) is 0 Å². The van der Waals surface area contributed by atoms with E-state index in [9.17, 15) is 9.59 Å². The van der Waals surface area contributed by atoms with E-state index < -0.39 is 5.97 Å². The summed E-state index contributed by atoms with van der Waals surface area (Å²) in [4.78, 5) is 23.3. The van der Waals surface area contributed by atoms with Crippen LogP contribution in [0.4, 0.5) is 5.69 Å². The molecule has 0 aliphatic heterocycles.